The molecule has 1 N–H and O–H groups in total. The molecule has 1 fully saturated rings. The Kier molecular flexibility index (Phi) is 15.2. The highest BCUT2D eigenvalue weighted by Gasteiger charge is 2.41. The number of rotatable bonds is 19. The van der Waals surface area contributed by atoms with E-state index in [4.69, 9.17) is 33.2 Å². The van der Waals surface area contributed by atoms with Gasteiger partial charge in [-0.25, -0.2) is 4.79 Å². The van der Waals surface area contributed by atoms with Gasteiger partial charge in [0.15, 0.2) is 0 Å². The van der Waals surface area contributed by atoms with E-state index in [-0.39, 0.29) is 12.5 Å². The summed E-state index contributed by atoms with van der Waals surface area (Å²) >= 11 is 0. The lowest BCUT2D eigenvalue weighted by atomic mass is 9.84. The first-order valence-electron chi connectivity index (χ1n) is 18.0. The van der Waals surface area contributed by atoms with Gasteiger partial charge in [-0.1, -0.05) is 48.5 Å². The predicted octanol–water partition coefficient (Wildman–Crippen LogP) is 5.81. The second-order valence-electron chi connectivity index (χ2n) is 13.1. The lowest BCUT2D eigenvalue weighted by Crippen LogP contribution is -2.54. The monoisotopic (exact) mass is 706 g/mol. The molecule has 2 heterocycles. The zero-order valence-electron chi connectivity index (χ0n) is 30.2. The topological polar surface area (TPSA) is 108 Å². The summed E-state index contributed by atoms with van der Waals surface area (Å²) in [5.41, 5.74) is 3.98. The van der Waals surface area contributed by atoms with Crippen LogP contribution in [0.3, 0.4) is 0 Å². The molecule has 5 rings (SSSR count). The number of ether oxygens (including phenoxy) is 7. The Morgan fingerprint density at radius 2 is 1.61 bits per heavy atom. The Morgan fingerprint density at radius 3 is 2.35 bits per heavy atom. The summed E-state index contributed by atoms with van der Waals surface area (Å²) in [6.07, 6.45) is 0.428. The maximum Gasteiger partial charge on any atom is 0.410 e. The molecule has 278 valence electrons. The summed E-state index contributed by atoms with van der Waals surface area (Å²) in [6, 6.07) is 23.9. The third-order valence-corrected chi connectivity index (χ3v) is 9.18. The van der Waals surface area contributed by atoms with Crippen LogP contribution in [0.25, 0.3) is 0 Å². The Balaban J connectivity index is 1.37. The van der Waals surface area contributed by atoms with Crippen LogP contribution < -0.4 is 14.4 Å². The fourth-order valence-corrected chi connectivity index (χ4v) is 6.49. The molecule has 0 aliphatic carbocycles. The molecule has 0 spiro atoms. The van der Waals surface area contributed by atoms with Crippen molar-refractivity contribution in [1.29, 1.82) is 0 Å². The molecule has 3 aromatic rings. The average molecular weight is 707 g/mol. The molecule has 3 aromatic carbocycles. The number of carbonyl (C=O) groups excluding carboxylic acids is 1. The molecule has 0 saturated carbocycles. The van der Waals surface area contributed by atoms with Gasteiger partial charge in [-0.15, -0.1) is 0 Å². The highest BCUT2D eigenvalue weighted by molar-refractivity contribution is 5.68. The molecule has 11 heteroatoms. The van der Waals surface area contributed by atoms with E-state index in [9.17, 15) is 9.90 Å². The van der Waals surface area contributed by atoms with Crippen LogP contribution in [0.4, 0.5) is 10.5 Å². The molecule has 1 saturated heterocycles. The maximum absolute atomic E-state index is 13.6. The standard InChI is InChI=1S/C40H54N2O9/c1-30(43)17-23-48-37-26-42(40(44)51-28-31-9-5-4-6-10-31)27-38(39(37)33-12-14-34(15-13-33)47-22-8-21-46-3)50-29-32-11-16-36-35(25-32)41(19-24-49-36)18-7-20-45-2/h4-6,9-16,25,30,37-39,43H,7-8,17-24,26-29H2,1-3H3/t30-,37+,38-,39-/m0/s1. The minimum Gasteiger partial charge on any atom is -0.494 e. The van der Waals surface area contributed by atoms with Crippen molar-refractivity contribution in [1.82, 2.24) is 4.90 Å². The average Bonchev–Trinajstić information content (AvgIpc) is 3.15. The van der Waals surface area contributed by atoms with Crippen molar-refractivity contribution in [2.75, 3.05) is 78.3 Å². The number of likely N-dealkylation sites (tertiary alicyclic amines) is 1. The van der Waals surface area contributed by atoms with Crippen LogP contribution in [0.2, 0.25) is 0 Å². The second-order valence-corrected chi connectivity index (χ2v) is 13.1. The number of carbonyl (C=O) groups is 1. The van der Waals surface area contributed by atoms with Crippen LogP contribution in [-0.2, 0) is 36.9 Å². The van der Waals surface area contributed by atoms with E-state index in [0.29, 0.717) is 59.2 Å². The molecule has 2 aliphatic heterocycles. The van der Waals surface area contributed by atoms with Crippen molar-refractivity contribution in [3.8, 4) is 11.5 Å². The normalized spacial score (nSPS) is 19.3. The number of hydrogen-bond acceptors (Lipinski definition) is 10. The molecular formula is C40H54N2O9. The van der Waals surface area contributed by atoms with Crippen molar-refractivity contribution in [2.24, 2.45) is 0 Å². The SMILES string of the molecule is COCCCOc1ccc([C@@H]2[C@@H](OCc3ccc4c(c3)N(CCCOC)CCO4)CN(C(=O)OCc3ccccc3)C[C@H]2OCC[C@H](C)O)cc1. The van der Waals surface area contributed by atoms with Gasteiger partial charge < -0.3 is 48.1 Å². The van der Waals surface area contributed by atoms with E-state index < -0.39 is 24.4 Å². The molecule has 1 amide bonds. The lowest BCUT2D eigenvalue weighted by molar-refractivity contribution is -0.0944. The van der Waals surface area contributed by atoms with Gasteiger partial charge >= 0.3 is 6.09 Å². The van der Waals surface area contributed by atoms with E-state index in [1.165, 1.54) is 0 Å². The molecule has 11 nitrogen and oxygen atoms in total. The number of hydrogen-bond donors (Lipinski definition) is 1. The Hall–Kier alpha value is -3.87. The Labute approximate surface area is 302 Å². The third kappa shape index (κ3) is 11.6. The predicted molar refractivity (Wildman–Crippen MR) is 195 cm³/mol. The number of aliphatic hydroxyl groups is 1. The van der Waals surface area contributed by atoms with Gasteiger partial charge in [-0.3, -0.25) is 0 Å². The first kappa shape index (κ1) is 38.4. The van der Waals surface area contributed by atoms with Crippen molar-refractivity contribution in [3.63, 3.8) is 0 Å². The smallest absolute Gasteiger partial charge is 0.410 e. The quantitative estimate of drug-likeness (QED) is 0.153. The molecule has 0 unspecified atom stereocenters. The number of fused-ring (bicyclic) bond motifs is 1. The number of nitrogens with zero attached hydrogens (tertiary/aromatic N) is 2. The van der Waals surface area contributed by atoms with E-state index in [1.807, 2.05) is 54.6 Å². The minimum absolute atomic E-state index is 0.169. The van der Waals surface area contributed by atoms with Crippen LogP contribution in [0.1, 0.15) is 48.8 Å². The van der Waals surface area contributed by atoms with E-state index >= 15 is 0 Å². The van der Waals surface area contributed by atoms with Gasteiger partial charge in [-0.2, -0.15) is 0 Å². The van der Waals surface area contributed by atoms with Crippen LogP contribution in [-0.4, -0.2) is 108 Å². The summed E-state index contributed by atoms with van der Waals surface area (Å²) in [6.45, 7) is 7.43. The van der Waals surface area contributed by atoms with Crippen molar-refractivity contribution < 1.29 is 43.1 Å². The van der Waals surface area contributed by atoms with Gasteiger partial charge in [0.2, 0.25) is 0 Å². The van der Waals surface area contributed by atoms with Crippen molar-refractivity contribution >= 4 is 11.8 Å². The fraction of sp³-hybridized carbons (Fsp3) is 0.525. The van der Waals surface area contributed by atoms with Gasteiger partial charge in [0, 0.05) is 52.9 Å². The second kappa shape index (κ2) is 20.2. The summed E-state index contributed by atoms with van der Waals surface area (Å²) in [4.78, 5) is 17.6. The summed E-state index contributed by atoms with van der Waals surface area (Å²) in [5, 5.41) is 10.0. The zero-order valence-corrected chi connectivity index (χ0v) is 30.2. The van der Waals surface area contributed by atoms with E-state index in [0.717, 1.165) is 59.8 Å². The number of amides is 1. The molecule has 51 heavy (non-hydrogen) atoms. The largest absolute Gasteiger partial charge is 0.494 e. The molecule has 0 aromatic heterocycles. The molecule has 2 aliphatic rings. The van der Waals surface area contributed by atoms with Gasteiger partial charge in [-0.05, 0) is 60.7 Å². The van der Waals surface area contributed by atoms with Gasteiger partial charge in [0.1, 0.15) is 24.7 Å². The minimum atomic E-state index is -0.511. The highest BCUT2D eigenvalue weighted by atomic mass is 16.6. The first-order chi connectivity index (χ1) is 24.9. The summed E-state index contributed by atoms with van der Waals surface area (Å²) in [7, 11) is 3.40. The van der Waals surface area contributed by atoms with Crippen molar-refractivity contribution in [3.05, 3.63) is 89.5 Å². The third-order valence-electron chi connectivity index (χ3n) is 9.18. The molecule has 0 bridgehead atoms. The Morgan fingerprint density at radius 1 is 0.863 bits per heavy atom. The number of benzene rings is 3. The number of piperidine rings is 1. The first-order valence-corrected chi connectivity index (χ1v) is 18.0. The fourth-order valence-electron chi connectivity index (χ4n) is 6.49. The number of anilines is 1. The summed E-state index contributed by atoms with van der Waals surface area (Å²) in [5.74, 6) is 1.43. The van der Waals surface area contributed by atoms with E-state index in [1.54, 1.807) is 26.0 Å². The number of methoxy groups -OCH3 is 2. The summed E-state index contributed by atoms with van der Waals surface area (Å²) < 4.78 is 41.4. The van der Waals surface area contributed by atoms with Crippen LogP contribution in [0.15, 0.2) is 72.8 Å². The molecular weight excluding hydrogens is 652 g/mol. The van der Waals surface area contributed by atoms with Gasteiger partial charge in [0.25, 0.3) is 0 Å². The van der Waals surface area contributed by atoms with Gasteiger partial charge in [0.05, 0.1) is 56.8 Å². The van der Waals surface area contributed by atoms with Crippen LogP contribution >= 0.6 is 0 Å². The van der Waals surface area contributed by atoms with Crippen LogP contribution in [0, 0.1) is 0 Å². The number of aliphatic hydroxyl groups excluding tert-OH is 1. The zero-order chi connectivity index (χ0) is 35.8. The van der Waals surface area contributed by atoms with Crippen molar-refractivity contribution in [2.45, 2.75) is 63.6 Å². The van der Waals surface area contributed by atoms with E-state index in [2.05, 4.69) is 23.1 Å². The van der Waals surface area contributed by atoms with Crippen LogP contribution in [0.5, 0.6) is 11.5 Å². The maximum atomic E-state index is 13.6. The highest BCUT2D eigenvalue weighted by Crippen LogP contribution is 2.36. The molecule has 4 atom stereocenters. The molecule has 0 radical (unpaired) electrons. The Bertz CT molecular complexity index is 1460. The lowest BCUT2D eigenvalue weighted by Gasteiger charge is -2.43.